The molecule has 3 heteroatoms. The van der Waals surface area contributed by atoms with Crippen LogP contribution in [0.5, 0.6) is 0 Å². The minimum absolute atomic E-state index is 0.184. The van der Waals surface area contributed by atoms with Crippen LogP contribution in [0.3, 0.4) is 0 Å². The first-order valence-electron chi connectivity index (χ1n) is 6.07. The first-order valence-corrected chi connectivity index (χ1v) is 6.48. The van der Waals surface area contributed by atoms with Crippen LogP contribution in [-0.2, 0) is 4.74 Å². The Kier molecular flexibility index (Phi) is 8.77. The van der Waals surface area contributed by atoms with E-state index >= 15 is 0 Å². The molecular formula is C12H25NOS. The van der Waals surface area contributed by atoms with Gasteiger partial charge in [0.1, 0.15) is 0 Å². The molecule has 0 unspecified atom stereocenters. The number of hydrogen-bond donors (Lipinski definition) is 0. The highest BCUT2D eigenvalue weighted by atomic mass is 32.1. The molecule has 15 heavy (non-hydrogen) atoms. The summed E-state index contributed by atoms with van der Waals surface area (Å²) in [5.74, 6) is 0. The second-order valence-electron chi connectivity index (χ2n) is 4.13. The van der Waals surface area contributed by atoms with Crippen LogP contribution in [0.1, 0.15) is 53.4 Å². The molecule has 0 N–H and O–H groups in total. The Morgan fingerprint density at radius 2 is 1.60 bits per heavy atom. The third-order valence-corrected chi connectivity index (χ3v) is 2.51. The van der Waals surface area contributed by atoms with Gasteiger partial charge in [0.25, 0.3) is 5.17 Å². The molecule has 0 aromatic heterocycles. The van der Waals surface area contributed by atoms with E-state index in [0.29, 0.717) is 5.17 Å². The van der Waals surface area contributed by atoms with E-state index in [1.807, 2.05) is 13.8 Å². The summed E-state index contributed by atoms with van der Waals surface area (Å²) in [5, 5.41) is 0.673. The third kappa shape index (κ3) is 7.60. The summed E-state index contributed by atoms with van der Waals surface area (Å²) < 4.78 is 5.56. The zero-order valence-electron chi connectivity index (χ0n) is 10.6. The summed E-state index contributed by atoms with van der Waals surface area (Å²) in [4.78, 5) is 2.20. The van der Waals surface area contributed by atoms with Gasteiger partial charge in [-0.2, -0.15) is 0 Å². The van der Waals surface area contributed by atoms with Crippen molar-refractivity contribution < 1.29 is 4.74 Å². The second kappa shape index (κ2) is 8.96. The topological polar surface area (TPSA) is 12.5 Å². The molecule has 0 amide bonds. The minimum atomic E-state index is 0.184. The zero-order valence-corrected chi connectivity index (χ0v) is 11.4. The molecule has 90 valence electrons. The summed E-state index contributed by atoms with van der Waals surface area (Å²) in [6.07, 6.45) is 4.96. The Balaban J connectivity index is 4.01. The molecule has 0 spiro atoms. The van der Waals surface area contributed by atoms with Gasteiger partial charge in [0, 0.05) is 13.1 Å². The van der Waals surface area contributed by atoms with Gasteiger partial charge in [0.15, 0.2) is 0 Å². The van der Waals surface area contributed by atoms with E-state index in [-0.39, 0.29) is 6.10 Å². The number of thiocarbonyl (C=S) groups is 1. The van der Waals surface area contributed by atoms with Gasteiger partial charge in [0.05, 0.1) is 6.10 Å². The van der Waals surface area contributed by atoms with Gasteiger partial charge >= 0.3 is 0 Å². The van der Waals surface area contributed by atoms with E-state index in [9.17, 15) is 0 Å². The van der Waals surface area contributed by atoms with Crippen molar-refractivity contribution in [2.45, 2.75) is 59.5 Å². The zero-order chi connectivity index (χ0) is 11.7. The summed E-state index contributed by atoms with van der Waals surface area (Å²) >= 11 is 5.28. The molecule has 0 fully saturated rings. The van der Waals surface area contributed by atoms with Crippen molar-refractivity contribution in [3.05, 3.63) is 0 Å². The molecule has 0 atom stereocenters. The maximum Gasteiger partial charge on any atom is 0.259 e. The van der Waals surface area contributed by atoms with Crippen molar-refractivity contribution in [1.82, 2.24) is 4.90 Å². The normalized spacial score (nSPS) is 10.5. The van der Waals surface area contributed by atoms with E-state index in [0.717, 1.165) is 13.1 Å². The molecule has 0 saturated carbocycles. The van der Waals surface area contributed by atoms with E-state index in [2.05, 4.69) is 18.7 Å². The van der Waals surface area contributed by atoms with Crippen molar-refractivity contribution in [3.63, 3.8) is 0 Å². The standard InChI is InChI=1S/C12H25NOS/c1-5-7-9-13(10-8-6-2)12(15)14-11(3)4/h11H,5-10H2,1-4H3. The molecule has 0 aliphatic carbocycles. The molecule has 0 rings (SSSR count). The SMILES string of the molecule is CCCCN(CCCC)C(=S)OC(C)C. The maximum absolute atomic E-state index is 5.56. The van der Waals surface area contributed by atoms with Crippen molar-refractivity contribution in [3.8, 4) is 0 Å². The fraction of sp³-hybridized carbons (Fsp3) is 0.917. The van der Waals surface area contributed by atoms with Gasteiger partial charge in [-0.05, 0) is 38.9 Å². The Hall–Kier alpha value is -0.310. The maximum atomic E-state index is 5.56. The molecule has 0 aliphatic heterocycles. The summed E-state index contributed by atoms with van der Waals surface area (Å²) in [5.41, 5.74) is 0. The minimum Gasteiger partial charge on any atom is -0.468 e. The lowest BCUT2D eigenvalue weighted by atomic mass is 10.3. The van der Waals surface area contributed by atoms with Crippen molar-refractivity contribution in [2.24, 2.45) is 0 Å². The highest BCUT2D eigenvalue weighted by Crippen LogP contribution is 2.04. The van der Waals surface area contributed by atoms with Crippen LogP contribution in [0.2, 0.25) is 0 Å². The third-order valence-electron chi connectivity index (χ3n) is 2.16. The van der Waals surface area contributed by atoms with E-state index < -0.39 is 0 Å². The number of nitrogens with zero attached hydrogens (tertiary/aromatic N) is 1. The van der Waals surface area contributed by atoms with Crippen LogP contribution in [0, 0.1) is 0 Å². The van der Waals surface area contributed by atoms with E-state index in [1.54, 1.807) is 0 Å². The molecule has 0 bridgehead atoms. The Bertz CT molecular complexity index is 163. The van der Waals surface area contributed by atoms with Gasteiger partial charge in [-0.3, -0.25) is 0 Å². The second-order valence-corrected chi connectivity index (χ2v) is 4.48. The van der Waals surface area contributed by atoms with Gasteiger partial charge in [0.2, 0.25) is 0 Å². The lowest BCUT2D eigenvalue weighted by Gasteiger charge is -2.25. The molecular weight excluding hydrogens is 206 g/mol. The average molecular weight is 231 g/mol. The lowest BCUT2D eigenvalue weighted by Crippen LogP contribution is -2.34. The number of rotatable bonds is 7. The number of unbranched alkanes of at least 4 members (excludes halogenated alkanes) is 2. The molecule has 0 radical (unpaired) electrons. The first kappa shape index (κ1) is 14.7. The smallest absolute Gasteiger partial charge is 0.259 e. The highest BCUT2D eigenvalue weighted by Gasteiger charge is 2.10. The molecule has 0 saturated heterocycles. The molecule has 2 nitrogen and oxygen atoms in total. The van der Waals surface area contributed by atoms with Crippen molar-refractivity contribution in [1.29, 1.82) is 0 Å². The quantitative estimate of drug-likeness (QED) is 0.621. The van der Waals surface area contributed by atoms with E-state index in [1.165, 1.54) is 25.7 Å². The Morgan fingerprint density at radius 1 is 1.13 bits per heavy atom. The molecule has 0 aromatic rings. The van der Waals surface area contributed by atoms with Crippen molar-refractivity contribution in [2.75, 3.05) is 13.1 Å². The fourth-order valence-electron chi connectivity index (χ4n) is 1.27. The summed E-state index contributed by atoms with van der Waals surface area (Å²) in [6, 6.07) is 0. The van der Waals surface area contributed by atoms with Gasteiger partial charge in [-0.15, -0.1) is 0 Å². The Labute approximate surface area is 100.0 Å². The van der Waals surface area contributed by atoms with Gasteiger partial charge in [-0.1, -0.05) is 26.7 Å². The number of hydrogen-bond acceptors (Lipinski definition) is 2. The predicted molar refractivity (Wildman–Crippen MR) is 70.2 cm³/mol. The van der Waals surface area contributed by atoms with Crippen LogP contribution >= 0.6 is 12.2 Å². The van der Waals surface area contributed by atoms with Crippen LogP contribution in [-0.4, -0.2) is 29.3 Å². The summed E-state index contributed by atoms with van der Waals surface area (Å²) in [6.45, 7) is 10.5. The van der Waals surface area contributed by atoms with Crippen molar-refractivity contribution >= 4 is 17.4 Å². The lowest BCUT2D eigenvalue weighted by molar-refractivity contribution is 0.184. The fourth-order valence-corrected chi connectivity index (χ4v) is 1.64. The number of ether oxygens (including phenoxy) is 1. The molecule has 0 heterocycles. The molecule has 0 aromatic carbocycles. The Morgan fingerprint density at radius 3 is 1.93 bits per heavy atom. The van der Waals surface area contributed by atoms with Gasteiger partial charge < -0.3 is 9.64 Å². The van der Waals surface area contributed by atoms with Crippen LogP contribution in [0.4, 0.5) is 0 Å². The highest BCUT2D eigenvalue weighted by molar-refractivity contribution is 7.80. The van der Waals surface area contributed by atoms with Crippen LogP contribution < -0.4 is 0 Å². The van der Waals surface area contributed by atoms with Crippen LogP contribution in [0.15, 0.2) is 0 Å². The first-order chi connectivity index (χ1) is 7.11. The summed E-state index contributed by atoms with van der Waals surface area (Å²) in [7, 11) is 0. The largest absolute Gasteiger partial charge is 0.468 e. The monoisotopic (exact) mass is 231 g/mol. The van der Waals surface area contributed by atoms with E-state index in [4.69, 9.17) is 17.0 Å². The molecule has 0 aliphatic rings. The van der Waals surface area contributed by atoms with Crippen LogP contribution in [0.25, 0.3) is 0 Å². The average Bonchev–Trinajstić information content (AvgIpc) is 2.17. The van der Waals surface area contributed by atoms with Gasteiger partial charge in [-0.25, -0.2) is 0 Å². The predicted octanol–water partition coefficient (Wildman–Crippen LogP) is 3.60.